The Morgan fingerprint density at radius 1 is 0.507 bits per heavy atom. The molecule has 2 N–H and O–H groups in total. The van der Waals surface area contributed by atoms with Crippen molar-refractivity contribution in [3.63, 3.8) is 0 Å². The van der Waals surface area contributed by atoms with Crippen molar-refractivity contribution in [3.05, 3.63) is 0 Å². The summed E-state index contributed by atoms with van der Waals surface area (Å²) in [5.41, 5.74) is -5.01. The average Bonchev–Trinajstić information content (AvgIpc) is 4.18. The molecule has 4 spiro atoms. The summed E-state index contributed by atoms with van der Waals surface area (Å²) < 4.78 is 129. The van der Waals surface area contributed by atoms with Gasteiger partial charge in [0, 0.05) is 52.0 Å². The van der Waals surface area contributed by atoms with Crippen LogP contribution in [0.4, 0.5) is 49.1 Å². The van der Waals surface area contributed by atoms with Crippen molar-refractivity contribution in [2.45, 2.75) is 195 Å². The Morgan fingerprint density at radius 2 is 0.845 bits per heavy atom. The Balaban J connectivity index is 0.000000165. The highest BCUT2D eigenvalue weighted by molar-refractivity contribution is 5.89. The molecule has 9 fully saturated rings. The highest BCUT2D eigenvalue weighted by Crippen LogP contribution is 2.57. The van der Waals surface area contributed by atoms with Crippen LogP contribution in [0.5, 0.6) is 0 Å². The Hall–Kier alpha value is -4.78. The summed E-state index contributed by atoms with van der Waals surface area (Å²) in [4.78, 5) is 92.0. The first-order valence-electron chi connectivity index (χ1n) is 23.8. The minimum Gasteiger partial charge on any atom is -0.480 e. The molecule has 400 valence electrons. The molecule has 0 aromatic carbocycles. The fourth-order valence-corrected chi connectivity index (χ4v) is 10.3. The summed E-state index contributed by atoms with van der Waals surface area (Å²) in [5.74, 6) is -5.59. The van der Waals surface area contributed by atoms with Crippen molar-refractivity contribution in [1.29, 1.82) is 0 Å². The zero-order valence-electron chi connectivity index (χ0n) is 40.4. The summed E-state index contributed by atoms with van der Waals surface area (Å²) in [5, 5.41) is 11.7. The molecule has 26 heteroatoms. The van der Waals surface area contributed by atoms with Gasteiger partial charge in [-0.25, -0.2) is 27.6 Å². The molecule has 5 saturated heterocycles. The van der Waals surface area contributed by atoms with Gasteiger partial charge in [-0.15, -0.1) is 0 Å². The van der Waals surface area contributed by atoms with Crippen LogP contribution in [0.2, 0.25) is 0 Å². The molecule has 9 rings (SSSR count). The van der Waals surface area contributed by atoms with Gasteiger partial charge in [0.15, 0.2) is 0 Å². The number of aliphatic carboxylic acids is 1. The van der Waals surface area contributed by atoms with Gasteiger partial charge >= 0.3 is 42.3 Å². The second-order valence-electron chi connectivity index (χ2n) is 22.6. The van der Waals surface area contributed by atoms with Crippen molar-refractivity contribution in [2.24, 2.45) is 0 Å². The van der Waals surface area contributed by atoms with E-state index in [1.54, 1.807) is 46.4 Å². The van der Waals surface area contributed by atoms with Gasteiger partial charge in [0.25, 0.3) is 0 Å². The molecule has 6 amide bonds. The zero-order valence-corrected chi connectivity index (χ0v) is 40.4. The Kier molecular flexibility index (Phi) is 13.9. The van der Waals surface area contributed by atoms with E-state index in [2.05, 4.69) is 5.32 Å². The number of amides is 6. The summed E-state index contributed by atoms with van der Waals surface area (Å²) in [6, 6.07) is -2.80. The molecule has 0 aromatic heterocycles. The zero-order chi connectivity index (χ0) is 52.8. The molecule has 71 heavy (non-hydrogen) atoms. The van der Waals surface area contributed by atoms with Gasteiger partial charge in [0.2, 0.25) is 11.8 Å². The van der Waals surface area contributed by atoms with Gasteiger partial charge in [-0.1, -0.05) is 0 Å². The molecule has 0 aromatic rings. The van der Waals surface area contributed by atoms with Crippen LogP contribution in [-0.2, 0) is 33.4 Å². The topological polar surface area (TPSA) is 190 Å². The monoisotopic (exact) mass is 1030 g/mol. The molecular formula is C45H62F9N7O10. The molecule has 6 atom stereocenters. The third-order valence-corrected chi connectivity index (χ3v) is 14.6. The van der Waals surface area contributed by atoms with Crippen molar-refractivity contribution in [3.8, 4) is 0 Å². The largest absolute Gasteiger partial charge is 0.480 e. The molecule has 4 aliphatic carbocycles. The first-order chi connectivity index (χ1) is 32.5. The summed E-state index contributed by atoms with van der Waals surface area (Å²) >= 11 is 0. The van der Waals surface area contributed by atoms with E-state index in [1.807, 2.05) is 0 Å². The Morgan fingerprint density at radius 3 is 1.17 bits per heavy atom. The van der Waals surface area contributed by atoms with Gasteiger partial charge in [0.1, 0.15) is 41.8 Å². The predicted molar refractivity (Wildman–Crippen MR) is 228 cm³/mol. The van der Waals surface area contributed by atoms with Crippen LogP contribution in [0.25, 0.3) is 0 Å². The minimum absolute atomic E-state index is 0.0245. The molecule has 0 bridgehead atoms. The number of ether oxygens (including phenoxy) is 2. The third-order valence-electron chi connectivity index (χ3n) is 14.6. The summed E-state index contributed by atoms with van der Waals surface area (Å²) in [6.45, 7) is 9.50. The van der Waals surface area contributed by atoms with Crippen molar-refractivity contribution in [1.82, 2.24) is 34.7 Å². The maximum absolute atomic E-state index is 14.2. The molecule has 4 saturated carbocycles. The van der Waals surface area contributed by atoms with Gasteiger partial charge in [0.05, 0.1) is 41.3 Å². The lowest BCUT2D eigenvalue weighted by Crippen LogP contribution is -2.67. The number of carboxylic acids is 1. The number of rotatable bonds is 3. The fourth-order valence-electron chi connectivity index (χ4n) is 10.3. The lowest BCUT2D eigenvalue weighted by molar-refractivity contribution is -0.194. The van der Waals surface area contributed by atoms with E-state index in [9.17, 15) is 73.1 Å². The van der Waals surface area contributed by atoms with Crippen molar-refractivity contribution < 1.29 is 87.7 Å². The molecule has 5 heterocycles. The number of carbonyl (C=O) groups excluding carboxylic acids is 6. The highest BCUT2D eigenvalue weighted by atomic mass is 19.4. The number of hydrogen-bond acceptors (Lipinski definition) is 10. The van der Waals surface area contributed by atoms with E-state index < -0.39 is 118 Å². The lowest BCUT2D eigenvalue weighted by Gasteiger charge is -2.49. The normalized spacial score (nSPS) is 29.6. The van der Waals surface area contributed by atoms with E-state index in [0.29, 0.717) is 51.4 Å². The van der Waals surface area contributed by atoms with E-state index in [0.717, 1.165) is 19.6 Å². The number of carboxylic acid groups (broad SMARTS) is 1. The van der Waals surface area contributed by atoms with Crippen LogP contribution in [0.1, 0.15) is 112 Å². The van der Waals surface area contributed by atoms with Gasteiger partial charge in [-0.2, -0.15) is 26.3 Å². The van der Waals surface area contributed by atoms with Crippen LogP contribution in [0.3, 0.4) is 0 Å². The standard InChI is InChI=1S/C20H27F4N3O4.C15H19F4N3O2.C10H16FNO4/c1-17(2,3)31-16(30)25-9-12(21)8-13(25)14(28)26-10-19(6-7-19)27(11-18(26)4-5-18)15(29)20(22,23)24;16-9-5-10(20-6-9)11(23)21-7-14(3-4-14)22(8-13(21)1-2-13)12(24)15(17,18)19;1-10(2,3)16-9(15)12-5-6(11)4-7(12)8(13)14/h12-13H,4-11H2,1-3H3;9-10,20H,1-8H2;6-7H,4-5H2,1-3H3,(H,13,14)/t12-,13+;9-,10+;6-,7+/m111/s1. The number of nitrogens with one attached hydrogen (secondary N) is 1. The first-order valence-corrected chi connectivity index (χ1v) is 23.8. The Bertz CT molecular complexity index is 2130. The van der Waals surface area contributed by atoms with E-state index >= 15 is 0 Å². The van der Waals surface area contributed by atoms with Crippen LogP contribution in [-0.4, -0.2) is 204 Å². The maximum Gasteiger partial charge on any atom is 0.471 e. The molecule has 9 aliphatic rings. The molecular weight excluding hydrogens is 970 g/mol. The summed E-state index contributed by atoms with van der Waals surface area (Å²) in [7, 11) is 0. The number of hydrogen-bond donors (Lipinski definition) is 2. The predicted octanol–water partition coefficient (Wildman–Crippen LogP) is 5.04. The molecule has 0 radical (unpaired) electrons. The average molecular weight is 1030 g/mol. The maximum atomic E-state index is 14.2. The number of halogens is 9. The second kappa shape index (κ2) is 18.3. The van der Waals surface area contributed by atoms with Crippen LogP contribution < -0.4 is 5.32 Å². The molecule has 17 nitrogen and oxygen atoms in total. The van der Waals surface area contributed by atoms with E-state index in [4.69, 9.17) is 14.6 Å². The van der Waals surface area contributed by atoms with Crippen LogP contribution in [0, 0.1) is 0 Å². The minimum atomic E-state index is -4.97. The van der Waals surface area contributed by atoms with Crippen molar-refractivity contribution in [2.75, 3.05) is 45.8 Å². The SMILES string of the molecule is CC(C)(C)OC(=O)N1C[C@H](F)C[C@H]1C(=O)N1CC2(CC2)N(C(=O)C(F)(F)F)CC12CC2.CC(C)(C)OC(=O)N1C[C@H](F)C[C@H]1C(=O)O.O=C([C@@H]1C[C@@H](F)CN1)N1CC2(CC2)N(C(=O)C(F)(F)F)CC12CC2. The smallest absolute Gasteiger partial charge is 0.471 e. The highest BCUT2D eigenvalue weighted by Gasteiger charge is 2.69. The van der Waals surface area contributed by atoms with Crippen LogP contribution in [0.15, 0.2) is 0 Å². The second-order valence-corrected chi connectivity index (χ2v) is 22.6. The number of nitrogens with zero attached hydrogens (tertiary/aromatic N) is 6. The van der Waals surface area contributed by atoms with E-state index in [1.165, 1.54) is 4.90 Å². The molecule has 5 aliphatic heterocycles. The van der Waals surface area contributed by atoms with Crippen LogP contribution >= 0.6 is 0 Å². The van der Waals surface area contributed by atoms with Crippen molar-refractivity contribution >= 4 is 41.8 Å². The number of alkyl halides is 9. The summed E-state index contributed by atoms with van der Waals surface area (Å²) in [6.07, 6.45) is -11.6. The quantitative estimate of drug-likeness (QED) is 0.361. The number of piperazine rings is 2. The Labute approximate surface area is 404 Å². The fraction of sp³-hybridized carbons (Fsp3) is 0.844. The van der Waals surface area contributed by atoms with Gasteiger partial charge in [-0.05, 0) is 92.9 Å². The number of likely N-dealkylation sites (tertiary alicyclic amines) is 2. The van der Waals surface area contributed by atoms with E-state index in [-0.39, 0.29) is 71.0 Å². The molecule has 0 unspecified atom stereocenters. The van der Waals surface area contributed by atoms with Gasteiger partial charge in [-0.3, -0.25) is 29.0 Å². The third kappa shape index (κ3) is 11.6. The number of carbonyl (C=O) groups is 7. The lowest BCUT2D eigenvalue weighted by atomic mass is 10.00. The first kappa shape index (κ1) is 54.0. The van der Waals surface area contributed by atoms with Gasteiger partial charge < -0.3 is 39.5 Å².